The number of hydrogen-bond donors (Lipinski definition) is 0. The van der Waals surface area contributed by atoms with Crippen molar-refractivity contribution in [2.75, 3.05) is 0 Å². The fourth-order valence-corrected chi connectivity index (χ4v) is 2.57. The summed E-state index contributed by atoms with van der Waals surface area (Å²) in [4.78, 5) is 16.4. The Morgan fingerprint density at radius 3 is 2.79 bits per heavy atom. The Balaban J connectivity index is 1.78. The van der Waals surface area contributed by atoms with Gasteiger partial charge in [0, 0.05) is 24.2 Å². The minimum Gasteiger partial charge on any atom is -0.265 e. The third-order valence-electron chi connectivity index (χ3n) is 2.68. The maximum Gasteiger partial charge on any atom is 0.297 e. The van der Waals surface area contributed by atoms with Crippen LogP contribution in [-0.2, 0) is 6.42 Å². The number of aromatic nitrogens is 3. The highest BCUT2D eigenvalue weighted by molar-refractivity contribution is 7.09. The monoisotopic (exact) mass is 269 g/mol. The second kappa shape index (κ2) is 5.16. The molecule has 2 aromatic heterocycles. The normalized spacial score (nSPS) is 10.5. The zero-order valence-corrected chi connectivity index (χ0v) is 10.9. The highest BCUT2D eigenvalue weighted by Gasteiger charge is 2.13. The highest BCUT2D eigenvalue weighted by Crippen LogP contribution is 2.15. The van der Waals surface area contributed by atoms with E-state index in [1.165, 1.54) is 21.6 Å². The van der Waals surface area contributed by atoms with Gasteiger partial charge in [0.15, 0.2) is 0 Å². The summed E-state index contributed by atoms with van der Waals surface area (Å²) in [6, 6.07) is 11.8. The first-order chi connectivity index (χ1) is 9.33. The lowest BCUT2D eigenvalue weighted by molar-refractivity contribution is 0.0940. The van der Waals surface area contributed by atoms with Crippen molar-refractivity contribution in [1.29, 1.82) is 0 Å². The zero-order valence-electron chi connectivity index (χ0n) is 10.1. The molecule has 94 valence electrons. The van der Waals surface area contributed by atoms with Crippen LogP contribution in [0.15, 0.2) is 54.2 Å². The van der Waals surface area contributed by atoms with Gasteiger partial charge in [0.25, 0.3) is 5.91 Å². The number of thiazole rings is 1. The van der Waals surface area contributed by atoms with Crippen molar-refractivity contribution in [2.24, 2.45) is 0 Å². The van der Waals surface area contributed by atoms with Crippen LogP contribution in [0.1, 0.15) is 21.1 Å². The number of carbonyl (C=O) groups excluding carboxylic acids is 1. The fourth-order valence-electron chi connectivity index (χ4n) is 1.77. The molecule has 0 saturated heterocycles. The molecule has 3 rings (SSSR count). The Morgan fingerprint density at radius 1 is 1.21 bits per heavy atom. The molecule has 0 saturated carbocycles. The molecular weight excluding hydrogens is 258 g/mol. The van der Waals surface area contributed by atoms with Crippen LogP contribution in [-0.4, -0.2) is 20.7 Å². The van der Waals surface area contributed by atoms with Crippen LogP contribution in [0.4, 0.5) is 0 Å². The van der Waals surface area contributed by atoms with Gasteiger partial charge in [0.1, 0.15) is 5.69 Å². The lowest BCUT2D eigenvalue weighted by atomic mass is 10.2. The van der Waals surface area contributed by atoms with Crippen molar-refractivity contribution in [2.45, 2.75) is 6.42 Å². The van der Waals surface area contributed by atoms with Crippen molar-refractivity contribution in [3.8, 4) is 0 Å². The number of carbonyl (C=O) groups is 1. The topological polar surface area (TPSA) is 47.8 Å². The third-order valence-corrected chi connectivity index (χ3v) is 3.53. The van der Waals surface area contributed by atoms with Crippen LogP contribution in [0.3, 0.4) is 0 Å². The predicted molar refractivity (Wildman–Crippen MR) is 73.3 cm³/mol. The Kier molecular flexibility index (Phi) is 3.20. The summed E-state index contributed by atoms with van der Waals surface area (Å²) in [7, 11) is 0. The molecule has 0 amide bonds. The smallest absolute Gasteiger partial charge is 0.265 e. The van der Waals surface area contributed by atoms with Gasteiger partial charge >= 0.3 is 0 Å². The van der Waals surface area contributed by atoms with Gasteiger partial charge in [-0.05, 0) is 11.6 Å². The van der Waals surface area contributed by atoms with Crippen molar-refractivity contribution in [3.05, 3.63) is 70.4 Å². The largest absolute Gasteiger partial charge is 0.297 e. The van der Waals surface area contributed by atoms with Gasteiger partial charge in [0.2, 0.25) is 0 Å². The lowest BCUT2D eigenvalue weighted by Crippen LogP contribution is -2.12. The summed E-state index contributed by atoms with van der Waals surface area (Å²) in [6.45, 7) is 0. The molecule has 0 fully saturated rings. The van der Waals surface area contributed by atoms with E-state index in [9.17, 15) is 4.79 Å². The van der Waals surface area contributed by atoms with E-state index < -0.39 is 0 Å². The van der Waals surface area contributed by atoms with Gasteiger partial charge in [-0.2, -0.15) is 5.10 Å². The Morgan fingerprint density at radius 2 is 2.05 bits per heavy atom. The molecule has 0 aliphatic rings. The number of benzene rings is 1. The summed E-state index contributed by atoms with van der Waals surface area (Å²) in [5, 5.41) is 6.63. The average Bonchev–Trinajstić information content (AvgIpc) is 3.10. The SMILES string of the molecule is O=C(c1csc(Cc2ccccc2)n1)n1cccn1. The second-order valence-corrected chi connectivity index (χ2v) is 4.99. The van der Waals surface area contributed by atoms with Gasteiger partial charge in [-0.15, -0.1) is 11.3 Å². The number of nitrogens with zero attached hydrogens (tertiary/aromatic N) is 3. The van der Waals surface area contributed by atoms with Crippen LogP contribution >= 0.6 is 11.3 Å². The molecule has 0 N–H and O–H groups in total. The highest BCUT2D eigenvalue weighted by atomic mass is 32.1. The summed E-state index contributed by atoms with van der Waals surface area (Å²) in [6.07, 6.45) is 3.95. The van der Waals surface area contributed by atoms with Gasteiger partial charge in [-0.1, -0.05) is 30.3 Å². The molecule has 4 nitrogen and oxygen atoms in total. The predicted octanol–water partition coefficient (Wildman–Crippen LogP) is 2.62. The van der Waals surface area contributed by atoms with E-state index in [0.717, 1.165) is 11.4 Å². The molecule has 1 aromatic carbocycles. The van der Waals surface area contributed by atoms with Gasteiger partial charge < -0.3 is 0 Å². The molecule has 2 heterocycles. The fraction of sp³-hybridized carbons (Fsp3) is 0.0714. The number of hydrogen-bond acceptors (Lipinski definition) is 4. The van der Waals surface area contributed by atoms with Crippen molar-refractivity contribution in [1.82, 2.24) is 14.8 Å². The first kappa shape index (κ1) is 11.8. The van der Waals surface area contributed by atoms with E-state index in [1.54, 1.807) is 23.8 Å². The summed E-state index contributed by atoms with van der Waals surface area (Å²) < 4.78 is 1.29. The molecule has 0 aliphatic heterocycles. The quantitative estimate of drug-likeness (QED) is 0.734. The van der Waals surface area contributed by atoms with Crippen molar-refractivity contribution in [3.63, 3.8) is 0 Å². The van der Waals surface area contributed by atoms with Crippen LogP contribution in [0.2, 0.25) is 0 Å². The molecule has 0 unspecified atom stereocenters. The molecule has 0 radical (unpaired) electrons. The first-order valence-corrected chi connectivity index (χ1v) is 6.73. The Bertz CT molecular complexity index is 674. The standard InChI is InChI=1S/C14H11N3OS/c18-14(17-8-4-7-15-17)12-10-19-13(16-12)9-11-5-2-1-3-6-11/h1-8,10H,9H2. The van der Waals surface area contributed by atoms with Crippen molar-refractivity contribution >= 4 is 17.2 Å². The number of rotatable bonds is 3. The third kappa shape index (κ3) is 2.61. The average molecular weight is 269 g/mol. The minimum absolute atomic E-state index is 0.194. The maximum atomic E-state index is 12.0. The zero-order chi connectivity index (χ0) is 13.1. The van der Waals surface area contributed by atoms with Crippen LogP contribution < -0.4 is 0 Å². The van der Waals surface area contributed by atoms with Gasteiger partial charge in [-0.25, -0.2) is 9.67 Å². The molecule has 3 aromatic rings. The van der Waals surface area contributed by atoms with Crippen LogP contribution in [0.5, 0.6) is 0 Å². The van der Waals surface area contributed by atoms with E-state index in [0.29, 0.717) is 5.69 Å². The summed E-state index contributed by atoms with van der Waals surface area (Å²) >= 11 is 1.50. The Labute approximate surface area is 114 Å². The summed E-state index contributed by atoms with van der Waals surface area (Å²) in [5.74, 6) is -0.194. The van der Waals surface area contributed by atoms with E-state index >= 15 is 0 Å². The van der Waals surface area contributed by atoms with E-state index in [-0.39, 0.29) is 5.91 Å². The van der Waals surface area contributed by atoms with Crippen LogP contribution in [0, 0.1) is 0 Å². The first-order valence-electron chi connectivity index (χ1n) is 5.85. The van der Waals surface area contributed by atoms with Crippen molar-refractivity contribution < 1.29 is 4.79 Å². The minimum atomic E-state index is -0.194. The molecule has 0 spiro atoms. The molecule has 0 bridgehead atoms. The van der Waals surface area contributed by atoms with E-state index in [1.807, 2.05) is 18.2 Å². The van der Waals surface area contributed by atoms with Crippen LogP contribution in [0.25, 0.3) is 0 Å². The van der Waals surface area contributed by atoms with Gasteiger partial charge in [0.05, 0.1) is 5.01 Å². The molecule has 5 heteroatoms. The Hall–Kier alpha value is -2.27. The second-order valence-electron chi connectivity index (χ2n) is 4.04. The van der Waals surface area contributed by atoms with E-state index in [2.05, 4.69) is 22.2 Å². The molecule has 0 aliphatic carbocycles. The summed E-state index contributed by atoms with van der Waals surface area (Å²) in [5.41, 5.74) is 1.63. The van der Waals surface area contributed by atoms with E-state index in [4.69, 9.17) is 0 Å². The molecular formula is C14H11N3OS. The molecule has 19 heavy (non-hydrogen) atoms. The maximum absolute atomic E-state index is 12.0. The lowest BCUT2D eigenvalue weighted by Gasteiger charge is -1.97. The molecule has 0 atom stereocenters. The van der Waals surface area contributed by atoms with Gasteiger partial charge in [-0.3, -0.25) is 4.79 Å².